The Morgan fingerprint density at radius 2 is 2.00 bits per heavy atom. The van der Waals surface area contributed by atoms with E-state index in [0.717, 1.165) is 50.8 Å². The van der Waals surface area contributed by atoms with Gasteiger partial charge < -0.3 is 15.1 Å². The van der Waals surface area contributed by atoms with E-state index in [1.807, 2.05) is 6.07 Å². The number of aliphatic hydroxyl groups excluding tert-OH is 1. The molecule has 2 N–H and O–H groups in total. The highest BCUT2D eigenvalue weighted by Gasteiger charge is 2.24. The van der Waals surface area contributed by atoms with Crippen LogP contribution in [0.3, 0.4) is 0 Å². The van der Waals surface area contributed by atoms with Crippen LogP contribution in [0.15, 0.2) is 18.2 Å². The fraction of sp³-hybridized carbons (Fsp3) is 0.611. The summed E-state index contributed by atoms with van der Waals surface area (Å²) in [5.41, 5.74) is 3.46. The lowest BCUT2D eigenvalue weighted by Gasteiger charge is -2.36. The Bertz CT molecular complexity index is 535. The van der Waals surface area contributed by atoms with Crippen LogP contribution in [0.1, 0.15) is 43.2 Å². The van der Waals surface area contributed by atoms with Crippen LogP contribution in [-0.2, 0) is 17.6 Å². The summed E-state index contributed by atoms with van der Waals surface area (Å²) in [4.78, 5) is 13.4. The molecule has 0 aromatic heterocycles. The number of hydrogen-bond donors (Lipinski definition) is 2. The molecule has 4 nitrogen and oxygen atoms in total. The summed E-state index contributed by atoms with van der Waals surface area (Å²) in [6, 6.07) is 6.12. The lowest BCUT2D eigenvalue weighted by Crippen LogP contribution is -2.36. The van der Waals surface area contributed by atoms with Crippen molar-refractivity contribution < 1.29 is 15.0 Å². The van der Waals surface area contributed by atoms with Gasteiger partial charge in [-0.2, -0.15) is 0 Å². The smallest absolute Gasteiger partial charge is 0.307 e. The number of aryl methyl sites for hydroxylation is 1. The molecule has 22 heavy (non-hydrogen) atoms. The van der Waals surface area contributed by atoms with Gasteiger partial charge in [0.2, 0.25) is 0 Å². The van der Waals surface area contributed by atoms with Crippen molar-refractivity contribution in [3.8, 4) is 0 Å². The normalized spacial score (nSPS) is 24.9. The van der Waals surface area contributed by atoms with E-state index in [1.54, 1.807) is 0 Å². The minimum absolute atomic E-state index is 0.0940. The summed E-state index contributed by atoms with van der Waals surface area (Å²) in [5, 5.41) is 18.6. The predicted octanol–water partition coefficient (Wildman–Crippen LogP) is 2.62. The first kappa shape index (κ1) is 15.3. The number of rotatable bonds is 4. The molecule has 3 rings (SSSR count). The Kier molecular flexibility index (Phi) is 4.67. The van der Waals surface area contributed by atoms with Crippen LogP contribution in [0.5, 0.6) is 0 Å². The summed E-state index contributed by atoms with van der Waals surface area (Å²) < 4.78 is 0. The number of aliphatic carboxylic acids is 1. The standard InChI is InChI=1S/C18H25NO3/c20-16-7-4-13(5-8-16)12-19-9-1-2-15-6-3-14(10-17(15)19)11-18(21)22/h3,6,10,13,16,20H,1-2,4-5,7-9,11-12H2,(H,21,22). The highest BCUT2D eigenvalue weighted by atomic mass is 16.4. The minimum atomic E-state index is -0.774. The van der Waals surface area contributed by atoms with Crippen molar-refractivity contribution in [2.45, 2.75) is 51.0 Å². The van der Waals surface area contributed by atoms with Crippen LogP contribution in [0.2, 0.25) is 0 Å². The Morgan fingerprint density at radius 3 is 2.73 bits per heavy atom. The second-order valence-corrected chi connectivity index (χ2v) is 6.76. The maximum Gasteiger partial charge on any atom is 0.307 e. The van der Waals surface area contributed by atoms with E-state index in [2.05, 4.69) is 17.0 Å². The average molecular weight is 303 g/mol. The first-order valence-corrected chi connectivity index (χ1v) is 8.38. The number of anilines is 1. The fourth-order valence-electron chi connectivity index (χ4n) is 3.81. The van der Waals surface area contributed by atoms with Crippen LogP contribution in [0, 0.1) is 5.92 Å². The molecule has 0 amide bonds. The predicted molar refractivity (Wildman–Crippen MR) is 86.3 cm³/mol. The molecule has 2 aliphatic rings. The zero-order valence-electron chi connectivity index (χ0n) is 13.0. The van der Waals surface area contributed by atoms with Crippen molar-refractivity contribution >= 4 is 11.7 Å². The molecular weight excluding hydrogens is 278 g/mol. The third kappa shape index (κ3) is 3.61. The Labute approximate surface area is 131 Å². The fourth-order valence-corrected chi connectivity index (χ4v) is 3.81. The highest BCUT2D eigenvalue weighted by molar-refractivity contribution is 5.71. The highest BCUT2D eigenvalue weighted by Crippen LogP contribution is 2.32. The molecule has 0 atom stereocenters. The van der Waals surface area contributed by atoms with Crippen LogP contribution < -0.4 is 4.90 Å². The van der Waals surface area contributed by atoms with Crippen LogP contribution in [-0.4, -0.2) is 35.4 Å². The SMILES string of the molecule is O=C(O)Cc1ccc2c(c1)N(CC1CCC(O)CC1)CCC2. The maximum atomic E-state index is 10.9. The van der Waals surface area contributed by atoms with Gasteiger partial charge in [-0.05, 0) is 61.6 Å². The number of carboxylic acid groups (broad SMARTS) is 1. The zero-order valence-corrected chi connectivity index (χ0v) is 13.0. The van der Waals surface area contributed by atoms with E-state index in [1.165, 1.54) is 17.7 Å². The van der Waals surface area contributed by atoms with Gasteiger partial charge in [0.05, 0.1) is 12.5 Å². The molecule has 1 aliphatic carbocycles. The van der Waals surface area contributed by atoms with Crippen molar-refractivity contribution in [1.29, 1.82) is 0 Å². The molecule has 1 aromatic rings. The zero-order chi connectivity index (χ0) is 15.5. The number of fused-ring (bicyclic) bond motifs is 1. The molecule has 0 bridgehead atoms. The number of nitrogens with zero attached hydrogens (tertiary/aromatic N) is 1. The molecular formula is C18H25NO3. The van der Waals surface area contributed by atoms with Gasteiger partial charge in [-0.1, -0.05) is 12.1 Å². The third-order valence-corrected chi connectivity index (χ3v) is 5.01. The number of benzene rings is 1. The van der Waals surface area contributed by atoms with E-state index in [-0.39, 0.29) is 12.5 Å². The van der Waals surface area contributed by atoms with Gasteiger partial charge in [-0.25, -0.2) is 0 Å². The van der Waals surface area contributed by atoms with Crippen LogP contribution >= 0.6 is 0 Å². The van der Waals surface area contributed by atoms with Gasteiger partial charge in [0.1, 0.15) is 0 Å². The molecule has 1 aliphatic heterocycles. The molecule has 0 unspecified atom stereocenters. The molecule has 4 heteroatoms. The van der Waals surface area contributed by atoms with E-state index in [9.17, 15) is 9.90 Å². The second-order valence-electron chi connectivity index (χ2n) is 6.76. The summed E-state index contributed by atoms with van der Waals surface area (Å²) in [7, 11) is 0. The molecule has 0 spiro atoms. The number of hydrogen-bond acceptors (Lipinski definition) is 3. The van der Waals surface area contributed by atoms with Gasteiger partial charge in [0.25, 0.3) is 0 Å². The second kappa shape index (κ2) is 6.69. The molecule has 1 heterocycles. The van der Waals surface area contributed by atoms with E-state index in [0.29, 0.717) is 5.92 Å². The summed E-state index contributed by atoms with van der Waals surface area (Å²) in [6.07, 6.45) is 6.28. The van der Waals surface area contributed by atoms with E-state index < -0.39 is 5.97 Å². The van der Waals surface area contributed by atoms with Crippen LogP contribution in [0.25, 0.3) is 0 Å². The number of carboxylic acids is 1. The Balaban J connectivity index is 1.73. The Hall–Kier alpha value is -1.55. The van der Waals surface area contributed by atoms with Crippen molar-refractivity contribution in [2.75, 3.05) is 18.0 Å². The lowest BCUT2D eigenvalue weighted by molar-refractivity contribution is -0.136. The van der Waals surface area contributed by atoms with Crippen molar-refractivity contribution in [2.24, 2.45) is 5.92 Å². The average Bonchev–Trinajstić information content (AvgIpc) is 2.49. The topological polar surface area (TPSA) is 60.8 Å². The summed E-state index contributed by atoms with van der Waals surface area (Å²) in [5.74, 6) is -0.124. The lowest BCUT2D eigenvalue weighted by atomic mass is 9.86. The van der Waals surface area contributed by atoms with Gasteiger partial charge in [-0.15, -0.1) is 0 Å². The molecule has 1 saturated carbocycles. The molecule has 0 saturated heterocycles. The van der Waals surface area contributed by atoms with E-state index >= 15 is 0 Å². The van der Waals surface area contributed by atoms with Crippen molar-refractivity contribution in [3.05, 3.63) is 29.3 Å². The van der Waals surface area contributed by atoms with Crippen molar-refractivity contribution in [3.63, 3.8) is 0 Å². The molecule has 0 radical (unpaired) electrons. The quantitative estimate of drug-likeness (QED) is 0.897. The van der Waals surface area contributed by atoms with Gasteiger partial charge in [-0.3, -0.25) is 4.79 Å². The van der Waals surface area contributed by atoms with E-state index in [4.69, 9.17) is 5.11 Å². The van der Waals surface area contributed by atoms with Crippen LogP contribution in [0.4, 0.5) is 5.69 Å². The Morgan fingerprint density at radius 1 is 1.23 bits per heavy atom. The maximum absolute atomic E-state index is 10.9. The molecule has 1 aromatic carbocycles. The minimum Gasteiger partial charge on any atom is -0.481 e. The monoisotopic (exact) mass is 303 g/mol. The summed E-state index contributed by atoms with van der Waals surface area (Å²) >= 11 is 0. The van der Waals surface area contributed by atoms with Gasteiger partial charge >= 0.3 is 5.97 Å². The van der Waals surface area contributed by atoms with Crippen molar-refractivity contribution in [1.82, 2.24) is 0 Å². The first-order chi connectivity index (χ1) is 10.6. The number of carbonyl (C=O) groups is 1. The first-order valence-electron chi connectivity index (χ1n) is 8.38. The molecule has 120 valence electrons. The summed E-state index contributed by atoms with van der Waals surface area (Å²) in [6.45, 7) is 2.10. The third-order valence-electron chi connectivity index (χ3n) is 5.01. The largest absolute Gasteiger partial charge is 0.481 e. The number of aliphatic hydroxyl groups is 1. The molecule has 1 fully saturated rings. The van der Waals surface area contributed by atoms with Gasteiger partial charge in [0, 0.05) is 18.8 Å². The van der Waals surface area contributed by atoms with Gasteiger partial charge in [0.15, 0.2) is 0 Å².